The van der Waals surface area contributed by atoms with Gasteiger partial charge < -0.3 is 15.5 Å². The fourth-order valence-corrected chi connectivity index (χ4v) is 4.17. The number of guanidine groups is 1. The molecule has 2 aromatic rings. The summed E-state index contributed by atoms with van der Waals surface area (Å²) in [5.41, 5.74) is 8.39. The Morgan fingerprint density at radius 3 is 2.37 bits per heavy atom. The van der Waals surface area contributed by atoms with E-state index < -0.39 is 10.8 Å². The second kappa shape index (κ2) is 9.76. The molecule has 0 spiro atoms. The normalized spacial score (nSPS) is 16.4. The highest BCUT2D eigenvalue weighted by Crippen LogP contribution is 2.19. The molecule has 0 bridgehead atoms. The van der Waals surface area contributed by atoms with Gasteiger partial charge in [-0.1, -0.05) is 41.9 Å². The van der Waals surface area contributed by atoms with Crippen molar-refractivity contribution in [3.63, 3.8) is 0 Å². The second-order valence-electron chi connectivity index (χ2n) is 6.46. The van der Waals surface area contributed by atoms with Gasteiger partial charge in [0, 0.05) is 59.2 Å². The average Bonchev–Trinajstić information content (AvgIpc) is 2.69. The van der Waals surface area contributed by atoms with Crippen LogP contribution in [0.25, 0.3) is 0 Å². The first-order valence-corrected chi connectivity index (χ1v) is 10.9. The molecule has 7 heteroatoms. The van der Waals surface area contributed by atoms with E-state index in [1.54, 1.807) is 0 Å². The van der Waals surface area contributed by atoms with Gasteiger partial charge in [0.05, 0.1) is 6.54 Å². The third-order valence-corrected chi connectivity index (χ3v) is 6.10. The quantitative estimate of drug-likeness (QED) is 0.594. The van der Waals surface area contributed by atoms with Crippen molar-refractivity contribution >= 4 is 34.0 Å². The van der Waals surface area contributed by atoms with E-state index in [1.165, 1.54) is 5.69 Å². The average molecular weight is 405 g/mol. The van der Waals surface area contributed by atoms with Gasteiger partial charge >= 0.3 is 0 Å². The van der Waals surface area contributed by atoms with E-state index in [-0.39, 0.29) is 0 Å². The maximum absolute atomic E-state index is 12.2. The molecule has 1 atom stereocenters. The summed E-state index contributed by atoms with van der Waals surface area (Å²) in [7, 11) is -0.925. The summed E-state index contributed by atoms with van der Waals surface area (Å²) in [6.45, 7) is 3.91. The molecule has 1 aliphatic rings. The molecular formula is C20H25ClN4OS. The fourth-order valence-electron chi connectivity index (χ4n) is 3.04. The lowest BCUT2D eigenvalue weighted by molar-refractivity contribution is 0.381. The van der Waals surface area contributed by atoms with Crippen molar-refractivity contribution < 1.29 is 4.21 Å². The van der Waals surface area contributed by atoms with Crippen molar-refractivity contribution in [2.24, 2.45) is 10.7 Å². The Morgan fingerprint density at radius 1 is 1.04 bits per heavy atom. The third-order valence-electron chi connectivity index (χ3n) is 4.56. The third kappa shape index (κ3) is 5.97. The summed E-state index contributed by atoms with van der Waals surface area (Å²) in [4.78, 5) is 8.83. The lowest BCUT2D eigenvalue weighted by Gasteiger charge is -2.36. The Labute approximate surface area is 168 Å². The number of aliphatic imine (C=N–C) groups is 1. The van der Waals surface area contributed by atoms with Crippen LogP contribution >= 0.6 is 11.6 Å². The first-order chi connectivity index (χ1) is 13.1. The van der Waals surface area contributed by atoms with Crippen LogP contribution in [0.5, 0.6) is 0 Å². The van der Waals surface area contributed by atoms with E-state index in [0.717, 1.165) is 36.8 Å². The predicted molar refractivity (Wildman–Crippen MR) is 115 cm³/mol. The van der Waals surface area contributed by atoms with E-state index in [9.17, 15) is 4.21 Å². The maximum Gasteiger partial charge on any atom is 0.191 e. The molecule has 0 saturated carbocycles. The summed E-state index contributed by atoms with van der Waals surface area (Å²) >= 11 is 5.95. The van der Waals surface area contributed by atoms with Gasteiger partial charge in [0.25, 0.3) is 0 Å². The molecule has 1 unspecified atom stereocenters. The molecule has 2 N–H and O–H groups in total. The number of hydrogen-bond acceptors (Lipinski definition) is 3. The minimum absolute atomic E-state index is 0.489. The zero-order valence-electron chi connectivity index (χ0n) is 15.3. The highest BCUT2D eigenvalue weighted by Gasteiger charge is 2.18. The lowest BCUT2D eigenvalue weighted by atomic mass is 10.2. The van der Waals surface area contributed by atoms with Crippen LogP contribution in [-0.4, -0.2) is 53.5 Å². The summed E-state index contributed by atoms with van der Waals surface area (Å²) < 4.78 is 12.2. The molecule has 27 heavy (non-hydrogen) atoms. The summed E-state index contributed by atoms with van der Waals surface area (Å²) in [6, 6.07) is 17.8. The van der Waals surface area contributed by atoms with Crippen LogP contribution in [0.4, 0.5) is 5.69 Å². The summed E-state index contributed by atoms with van der Waals surface area (Å²) in [5, 5.41) is 0.749. The van der Waals surface area contributed by atoms with Gasteiger partial charge in [-0.25, -0.2) is 0 Å². The van der Waals surface area contributed by atoms with E-state index in [0.29, 0.717) is 24.0 Å². The molecule has 144 valence electrons. The number of nitrogens with two attached hydrogens (primary N) is 1. The van der Waals surface area contributed by atoms with E-state index in [4.69, 9.17) is 17.3 Å². The molecule has 0 radical (unpaired) electrons. The monoisotopic (exact) mass is 404 g/mol. The van der Waals surface area contributed by atoms with Crippen LogP contribution in [-0.2, 0) is 16.6 Å². The summed E-state index contributed by atoms with van der Waals surface area (Å²) in [6.07, 6.45) is 0. The maximum atomic E-state index is 12.2. The Hall–Kier alpha value is -2.05. The molecular weight excluding hydrogens is 380 g/mol. The number of hydrogen-bond donors (Lipinski definition) is 1. The molecule has 3 rings (SSSR count). The first-order valence-electron chi connectivity index (χ1n) is 9.06. The van der Waals surface area contributed by atoms with Crippen LogP contribution in [0.1, 0.15) is 5.56 Å². The lowest BCUT2D eigenvalue weighted by Crippen LogP contribution is -2.51. The minimum Gasteiger partial charge on any atom is -0.370 e. The van der Waals surface area contributed by atoms with Crippen LogP contribution in [0.2, 0.25) is 5.02 Å². The molecule has 1 aliphatic heterocycles. The number of halogens is 1. The smallest absolute Gasteiger partial charge is 0.191 e. The number of anilines is 1. The fraction of sp³-hybridized carbons (Fsp3) is 0.350. The predicted octanol–water partition coefficient (Wildman–Crippen LogP) is 2.73. The van der Waals surface area contributed by atoms with Gasteiger partial charge in [0.15, 0.2) is 5.96 Å². The molecule has 1 fully saturated rings. The zero-order valence-corrected chi connectivity index (χ0v) is 16.8. The standard InChI is InChI=1S/C20H25ClN4OS/c21-18-6-8-19(9-7-18)24-11-13-25(14-12-24)20(22)23-10-15-27(26)16-17-4-2-1-3-5-17/h1-9H,10-16H2,(H2,22,23). The summed E-state index contributed by atoms with van der Waals surface area (Å²) in [5.74, 6) is 1.64. The van der Waals surface area contributed by atoms with Crippen molar-refractivity contribution in [1.29, 1.82) is 0 Å². The zero-order chi connectivity index (χ0) is 19.1. The highest BCUT2D eigenvalue weighted by atomic mass is 35.5. The van der Waals surface area contributed by atoms with Crippen molar-refractivity contribution in [3.05, 3.63) is 65.2 Å². The van der Waals surface area contributed by atoms with Crippen molar-refractivity contribution in [3.8, 4) is 0 Å². The Kier molecular flexibility index (Phi) is 7.12. The highest BCUT2D eigenvalue weighted by molar-refractivity contribution is 7.84. The molecule has 0 amide bonds. The molecule has 1 heterocycles. The number of rotatable bonds is 6. The van der Waals surface area contributed by atoms with E-state index >= 15 is 0 Å². The van der Waals surface area contributed by atoms with Gasteiger partial charge in [-0.05, 0) is 29.8 Å². The Morgan fingerprint density at radius 2 is 1.70 bits per heavy atom. The largest absolute Gasteiger partial charge is 0.370 e. The minimum atomic E-state index is -0.925. The first kappa shape index (κ1) is 19.7. The van der Waals surface area contributed by atoms with Gasteiger partial charge in [-0.2, -0.15) is 0 Å². The van der Waals surface area contributed by atoms with Crippen molar-refractivity contribution in [2.45, 2.75) is 5.75 Å². The van der Waals surface area contributed by atoms with E-state index in [1.807, 2.05) is 54.6 Å². The van der Waals surface area contributed by atoms with E-state index in [2.05, 4.69) is 14.8 Å². The van der Waals surface area contributed by atoms with Gasteiger partial charge in [0.2, 0.25) is 0 Å². The Bertz CT molecular complexity index is 774. The Balaban J connectivity index is 1.42. The molecule has 0 aromatic heterocycles. The second-order valence-corrected chi connectivity index (χ2v) is 8.48. The molecule has 1 saturated heterocycles. The van der Waals surface area contributed by atoms with Gasteiger partial charge in [0.1, 0.15) is 0 Å². The van der Waals surface area contributed by atoms with Crippen molar-refractivity contribution in [2.75, 3.05) is 43.4 Å². The van der Waals surface area contributed by atoms with Crippen LogP contribution < -0.4 is 10.6 Å². The number of piperazine rings is 1. The van der Waals surface area contributed by atoms with Crippen LogP contribution in [0.15, 0.2) is 59.6 Å². The molecule has 2 aromatic carbocycles. The van der Waals surface area contributed by atoms with Crippen LogP contribution in [0, 0.1) is 0 Å². The number of benzene rings is 2. The van der Waals surface area contributed by atoms with Gasteiger partial charge in [-0.3, -0.25) is 9.20 Å². The molecule has 5 nitrogen and oxygen atoms in total. The molecule has 0 aliphatic carbocycles. The SMILES string of the molecule is NC(=NCCS(=O)Cc1ccccc1)N1CCN(c2ccc(Cl)cc2)CC1. The van der Waals surface area contributed by atoms with Crippen LogP contribution in [0.3, 0.4) is 0 Å². The number of nitrogens with zero attached hydrogens (tertiary/aromatic N) is 3. The van der Waals surface area contributed by atoms with Gasteiger partial charge in [-0.15, -0.1) is 0 Å². The topological polar surface area (TPSA) is 61.9 Å². The van der Waals surface area contributed by atoms with Crippen molar-refractivity contribution in [1.82, 2.24) is 4.90 Å².